The number of benzene rings is 1. The maximum atomic E-state index is 5.10. The van der Waals surface area contributed by atoms with E-state index in [9.17, 15) is 0 Å². The fourth-order valence-electron chi connectivity index (χ4n) is 1.71. The number of hydrogen-bond donors (Lipinski definition) is 2. The molecule has 0 aliphatic rings. The second-order valence-corrected chi connectivity index (χ2v) is 5.40. The monoisotopic (exact) mass is 384 g/mol. The summed E-state index contributed by atoms with van der Waals surface area (Å²) in [4.78, 5) is 8.81. The Morgan fingerprint density at radius 2 is 1.85 bits per heavy atom. The minimum atomic E-state index is 0.389. The van der Waals surface area contributed by atoms with Crippen LogP contribution >= 0.6 is 22.6 Å². The number of methoxy groups -OCH3 is 1. The van der Waals surface area contributed by atoms with Gasteiger partial charge >= 0.3 is 0 Å². The van der Waals surface area contributed by atoms with E-state index in [2.05, 4.69) is 43.2 Å². The average molecular weight is 384 g/mol. The summed E-state index contributed by atoms with van der Waals surface area (Å²) in [5.74, 6) is 2.20. The number of nitrogens with zero attached hydrogens (tertiary/aromatic N) is 2. The molecule has 0 saturated heterocycles. The number of aromatic nitrogens is 2. The molecule has 1 aromatic carbocycles. The van der Waals surface area contributed by atoms with Crippen LogP contribution in [0.1, 0.15) is 12.7 Å². The molecule has 0 amide bonds. The molecule has 0 fully saturated rings. The molecule has 5 nitrogen and oxygen atoms in total. The number of rotatable bonds is 6. The summed E-state index contributed by atoms with van der Waals surface area (Å²) < 4.78 is 6.30. The van der Waals surface area contributed by atoms with Crippen LogP contribution in [0, 0.1) is 3.57 Å². The number of halogens is 1. The number of hydrogen-bond acceptors (Lipinski definition) is 5. The SMILES string of the molecule is CCNc1cc(Nc2ccc(I)cc2)nc(COC)n1. The molecule has 0 bridgehead atoms. The molecule has 2 N–H and O–H groups in total. The third-order valence-electron chi connectivity index (χ3n) is 2.52. The Labute approximate surface area is 132 Å². The topological polar surface area (TPSA) is 59.1 Å². The Balaban J connectivity index is 2.22. The quantitative estimate of drug-likeness (QED) is 0.748. The molecule has 20 heavy (non-hydrogen) atoms. The van der Waals surface area contributed by atoms with Gasteiger partial charge in [-0.25, -0.2) is 9.97 Å². The summed E-state index contributed by atoms with van der Waals surface area (Å²) in [5, 5.41) is 6.47. The van der Waals surface area contributed by atoms with Crippen molar-refractivity contribution in [3.8, 4) is 0 Å². The summed E-state index contributed by atoms with van der Waals surface area (Å²) >= 11 is 2.28. The third-order valence-corrected chi connectivity index (χ3v) is 3.24. The first-order valence-electron chi connectivity index (χ1n) is 6.34. The van der Waals surface area contributed by atoms with E-state index in [1.807, 2.05) is 37.3 Å². The highest BCUT2D eigenvalue weighted by Crippen LogP contribution is 2.18. The van der Waals surface area contributed by atoms with Gasteiger partial charge in [0, 0.05) is 29.0 Å². The maximum Gasteiger partial charge on any atom is 0.158 e. The van der Waals surface area contributed by atoms with E-state index in [1.165, 1.54) is 3.57 Å². The Kier molecular flexibility index (Phi) is 5.54. The van der Waals surface area contributed by atoms with Crippen molar-refractivity contribution >= 4 is 39.9 Å². The molecule has 2 rings (SSSR count). The fourth-order valence-corrected chi connectivity index (χ4v) is 2.07. The summed E-state index contributed by atoms with van der Waals surface area (Å²) in [5.41, 5.74) is 0.995. The molecule has 2 aromatic rings. The van der Waals surface area contributed by atoms with Crippen LogP contribution in [0.3, 0.4) is 0 Å². The van der Waals surface area contributed by atoms with Crippen molar-refractivity contribution in [2.45, 2.75) is 13.5 Å². The molecule has 0 atom stereocenters. The van der Waals surface area contributed by atoms with Crippen LogP contribution in [0.5, 0.6) is 0 Å². The van der Waals surface area contributed by atoms with Crippen LogP contribution < -0.4 is 10.6 Å². The number of anilines is 3. The van der Waals surface area contributed by atoms with Gasteiger partial charge in [-0.05, 0) is 53.8 Å². The Bertz CT molecular complexity index is 535. The van der Waals surface area contributed by atoms with E-state index < -0.39 is 0 Å². The predicted molar refractivity (Wildman–Crippen MR) is 89.4 cm³/mol. The number of nitrogens with one attached hydrogen (secondary N) is 2. The molecule has 0 radical (unpaired) electrons. The van der Waals surface area contributed by atoms with Crippen molar-refractivity contribution in [3.05, 3.63) is 39.7 Å². The van der Waals surface area contributed by atoms with Gasteiger partial charge in [-0.2, -0.15) is 0 Å². The molecule has 0 aliphatic heterocycles. The van der Waals surface area contributed by atoms with Crippen molar-refractivity contribution in [2.24, 2.45) is 0 Å². The normalized spacial score (nSPS) is 10.3. The van der Waals surface area contributed by atoms with E-state index in [1.54, 1.807) is 7.11 Å². The number of ether oxygens (including phenoxy) is 1. The second kappa shape index (κ2) is 7.39. The Morgan fingerprint density at radius 1 is 1.15 bits per heavy atom. The average Bonchev–Trinajstić information content (AvgIpc) is 2.42. The van der Waals surface area contributed by atoms with Gasteiger partial charge in [-0.15, -0.1) is 0 Å². The smallest absolute Gasteiger partial charge is 0.158 e. The Morgan fingerprint density at radius 3 is 2.50 bits per heavy atom. The second-order valence-electron chi connectivity index (χ2n) is 4.15. The molecule has 0 aliphatic carbocycles. The fraction of sp³-hybridized carbons (Fsp3) is 0.286. The van der Waals surface area contributed by atoms with Crippen LogP contribution in [0.25, 0.3) is 0 Å². The first kappa shape index (κ1) is 15.0. The van der Waals surface area contributed by atoms with E-state index in [-0.39, 0.29) is 0 Å². The maximum absolute atomic E-state index is 5.10. The molecule has 1 heterocycles. The molecule has 0 saturated carbocycles. The van der Waals surface area contributed by atoms with Crippen LogP contribution in [-0.4, -0.2) is 23.6 Å². The lowest BCUT2D eigenvalue weighted by atomic mass is 10.3. The third kappa shape index (κ3) is 4.31. The summed E-state index contributed by atoms with van der Waals surface area (Å²) in [7, 11) is 1.63. The van der Waals surface area contributed by atoms with Crippen molar-refractivity contribution in [1.29, 1.82) is 0 Å². The van der Waals surface area contributed by atoms with Gasteiger partial charge < -0.3 is 15.4 Å². The molecule has 6 heteroatoms. The molecule has 0 unspecified atom stereocenters. The zero-order valence-electron chi connectivity index (χ0n) is 11.5. The zero-order valence-corrected chi connectivity index (χ0v) is 13.6. The van der Waals surface area contributed by atoms with Crippen molar-refractivity contribution in [2.75, 3.05) is 24.3 Å². The van der Waals surface area contributed by atoms with Gasteiger partial charge in [-0.3, -0.25) is 0 Å². The zero-order chi connectivity index (χ0) is 14.4. The summed E-state index contributed by atoms with van der Waals surface area (Å²) in [6, 6.07) is 10.0. The highest BCUT2D eigenvalue weighted by Gasteiger charge is 2.04. The molecule has 106 valence electrons. The van der Waals surface area contributed by atoms with Gasteiger partial charge in [0.1, 0.15) is 18.2 Å². The lowest BCUT2D eigenvalue weighted by Gasteiger charge is -2.10. The van der Waals surface area contributed by atoms with E-state index in [0.717, 1.165) is 23.9 Å². The van der Waals surface area contributed by atoms with Crippen LogP contribution in [-0.2, 0) is 11.3 Å². The van der Waals surface area contributed by atoms with E-state index in [0.29, 0.717) is 12.4 Å². The molecular weight excluding hydrogens is 367 g/mol. The molecular formula is C14H17IN4O. The van der Waals surface area contributed by atoms with Crippen LogP contribution in [0.4, 0.5) is 17.3 Å². The first-order chi connectivity index (χ1) is 9.71. The van der Waals surface area contributed by atoms with Crippen molar-refractivity contribution in [3.63, 3.8) is 0 Å². The van der Waals surface area contributed by atoms with Gasteiger partial charge in [-0.1, -0.05) is 0 Å². The van der Waals surface area contributed by atoms with Gasteiger partial charge in [0.25, 0.3) is 0 Å². The standard InChI is InChI=1S/C14H17IN4O/c1-3-16-12-8-13(19-14(18-12)9-20-2)17-11-6-4-10(15)5-7-11/h4-8H,3,9H2,1-2H3,(H2,16,17,18,19). The minimum Gasteiger partial charge on any atom is -0.377 e. The Hall–Kier alpha value is -1.41. The molecule has 0 spiro atoms. The van der Waals surface area contributed by atoms with E-state index in [4.69, 9.17) is 4.74 Å². The van der Waals surface area contributed by atoms with Crippen molar-refractivity contribution < 1.29 is 4.74 Å². The lowest BCUT2D eigenvalue weighted by molar-refractivity contribution is 0.178. The van der Waals surface area contributed by atoms with Gasteiger partial charge in [0.05, 0.1) is 0 Å². The summed E-state index contributed by atoms with van der Waals surface area (Å²) in [6.07, 6.45) is 0. The molecule has 1 aromatic heterocycles. The van der Waals surface area contributed by atoms with E-state index >= 15 is 0 Å². The highest BCUT2D eigenvalue weighted by atomic mass is 127. The largest absolute Gasteiger partial charge is 0.377 e. The summed E-state index contributed by atoms with van der Waals surface area (Å²) in [6.45, 7) is 3.23. The predicted octanol–water partition coefficient (Wildman–Crippen LogP) is 3.40. The highest BCUT2D eigenvalue weighted by molar-refractivity contribution is 14.1. The van der Waals surface area contributed by atoms with Crippen LogP contribution in [0.15, 0.2) is 30.3 Å². The first-order valence-corrected chi connectivity index (χ1v) is 7.42. The van der Waals surface area contributed by atoms with Gasteiger partial charge in [0.15, 0.2) is 5.82 Å². The minimum absolute atomic E-state index is 0.389. The lowest BCUT2D eigenvalue weighted by Crippen LogP contribution is -2.06. The van der Waals surface area contributed by atoms with Gasteiger partial charge in [0.2, 0.25) is 0 Å². The van der Waals surface area contributed by atoms with Crippen LogP contribution in [0.2, 0.25) is 0 Å². The van der Waals surface area contributed by atoms with Crippen molar-refractivity contribution in [1.82, 2.24) is 9.97 Å².